The molecule has 0 spiro atoms. The van der Waals surface area contributed by atoms with E-state index in [1.165, 1.54) is 0 Å². The van der Waals surface area contributed by atoms with Gasteiger partial charge in [0.05, 0.1) is 0 Å². The summed E-state index contributed by atoms with van der Waals surface area (Å²) in [7, 11) is -3.94. The summed E-state index contributed by atoms with van der Waals surface area (Å²) in [4.78, 5) is 0. The molecule has 39 heavy (non-hydrogen) atoms. The zero-order valence-corrected chi connectivity index (χ0v) is 26.4. The molecule has 3 atom stereocenters. The van der Waals surface area contributed by atoms with Gasteiger partial charge in [-0.2, -0.15) is 0 Å². The summed E-state index contributed by atoms with van der Waals surface area (Å²) < 4.78 is 46.6. The summed E-state index contributed by atoms with van der Waals surface area (Å²) in [6.45, 7) is 12.1. The van der Waals surface area contributed by atoms with Crippen LogP contribution in [-0.4, -0.2) is 27.4 Å². The van der Waals surface area contributed by atoms with Gasteiger partial charge in [0, 0.05) is 0 Å². The Balaban J connectivity index is 2.19. The SMILES string of the molecule is CCC(C)O[Si](OC(C)CC)(OC(C)CC)[O][Ti]([O]c1ccccc1)([O]c1ccccc1)[O]c1ccccc1. The molecular weight excluding hydrogens is 548 g/mol. The third-order valence-corrected chi connectivity index (χ3v) is 13.2. The number of hydrogen-bond acceptors (Lipinski definition) is 7. The van der Waals surface area contributed by atoms with E-state index in [1.54, 1.807) is 0 Å². The molecule has 9 heteroatoms. The fourth-order valence-corrected chi connectivity index (χ4v) is 10.9. The normalized spacial score (nSPS) is 15.5. The van der Waals surface area contributed by atoms with Crippen molar-refractivity contribution >= 4 is 9.05 Å². The van der Waals surface area contributed by atoms with Crippen LogP contribution in [0.15, 0.2) is 91.0 Å². The van der Waals surface area contributed by atoms with Crippen LogP contribution >= 0.6 is 0 Å². The van der Waals surface area contributed by atoms with Gasteiger partial charge in [0.15, 0.2) is 0 Å². The fourth-order valence-electron chi connectivity index (χ4n) is 3.32. The van der Waals surface area contributed by atoms with Crippen LogP contribution in [0.3, 0.4) is 0 Å². The average molecular weight is 591 g/mol. The maximum absolute atomic E-state index is 6.95. The van der Waals surface area contributed by atoms with Gasteiger partial charge in [-0.25, -0.2) is 0 Å². The minimum absolute atomic E-state index is 0.199. The Labute approximate surface area is 240 Å². The molecule has 0 aliphatic heterocycles. The Morgan fingerprint density at radius 3 is 1.05 bits per heavy atom. The van der Waals surface area contributed by atoms with Crippen molar-refractivity contribution in [3.63, 3.8) is 0 Å². The van der Waals surface area contributed by atoms with Gasteiger partial charge < -0.3 is 0 Å². The zero-order valence-electron chi connectivity index (χ0n) is 23.9. The molecule has 7 nitrogen and oxygen atoms in total. The van der Waals surface area contributed by atoms with Crippen LogP contribution in [0.1, 0.15) is 60.8 Å². The molecule has 0 fully saturated rings. The van der Waals surface area contributed by atoms with Crippen molar-refractivity contribution in [2.45, 2.75) is 79.1 Å². The van der Waals surface area contributed by atoms with Crippen LogP contribution in [0.4, 0.5) is 0 Å². The second kappa shape index (κ2) is 15.6. The predicted molar refractivity (Wildman–Crippen MR) is 151 cm³/mol. The van der Waals surface area contributed by atoms with Crippen molar-refractivity contribution in [3.8, 4) is 17.2 Å². The van der Waals surface area contributed by atoms with Crippen molar-refractivity contribution in [1.29, 1.82) is 0 Å². The van der Waals surface area contributed by atoms with Crippen molar-refractivity contribution in [2.24, 2.45) is 0 Å². The van der Waals surface area contributed by atoms with E-state index in [0.29, 0.717) is 17.2 Å². The van der Waals surface area contributed by atoms with Gasteiger partial charge in [0.1, 0.15) is 0 Å². The molecule has 212 valence electrons. The molecule has 3 rings (SSSR count). The molecule has 0 heterocycles. The molecule has 0 N–H and O–H groups in total. The first kappa shape index (κ1) is 31.4. The van der Waals surface area contributed by atoms with Crippen LogP contribution in [0, 0.1) is 0 Å². The van der Waals surface area contributed by atoms with Gasteiger partial charge >= 0.3 is 241 Å². The molecule has 3 aromatic carbocycles. The summed E-state index contributed by atoms with van der Waals surface area (Å²) in [5.74, 6) is 1.63. The number of para-hydroxylation sites is 3. The van der Waals surface area contributed by atoms with Crippen molar-refractivity contribution in [2.75, 3.05) is 0 Å². The summed E-state index contributed by atoms with van der Waals surface area (Å²) in [5.41, 5.74) is 0. The monoisotopic (exact) mass is 590 g/mol. The van der Waals surface area contributed by atoms with Crippen LogP contribution in [-0.2, 0) is 34.4 Å². The molecular formula is C30H42O7SiTi. The number of benzene rings is 3. The molecule has 3 unspecified atom stereocenters. The first-order chi connectivity index (χ1) is 18.8. The Bertz CT molecular complexity index is 942. The summed E-state index contributed by atoms with van der Waals surface area (Å²) in [6, 6.07) is 28.1. The second-order valence-corrected chi connectivity index (χ2v) is 14.7. The maximum atomic E-state index is 6.95. The van der Waals surface area contributed by atoms with E-state index in [9.17, 15) is 0 Å². The third-order valence-electron chi connectivity index (χ3n) is 5.97. The molecule has 0 aliphatic carbocycles. The molecule has 0 amide bonds. The molecule has 0 saturated carbocycles. The summed E-state index contributed by atoms with van der Waals surface area (Å²) in [6.07, 6.45) is 1.62. The standard InChI is InChI=1S/C12H27O4Si.3C6H6O.Ti/c1-7-10(4)14-17(13,15-11(5)8-2)16-12(6)9-3;3*7-6-4-2-1-3-5-6;/h10-12H,7-9H2,1-6H3;3*1-5,7H;/q-1;;;;+4/p-3. The average Bonchev–Trinajstić information content (AvgIpc) is 2.94. The predicted octanol–water partition coefficient (Wildman–Crippen LogP) is 7.93. The van der Waals surface area contributed by atoms with E-state index in [-0.39, 0.29) is 18.3 Å². The molecule has 0 bridgehead atoms. The minimum atomic E-state index is -4.92. The van der Waals surface area contributed by atoms with Crippen LogP contribution < -0.4 is 9.96 Å². The Hall–Kier alpha value is -2.17. The number of hydrogen-bond donors (Lipinski definition) is 0. The van der Waals surface area contributed by atoms with Crippen LogP contribution in [0.2, 0.25) is 0 Å². The summed E-state index contributed by atoms with van der Waals surface area (Å²) in [5, 5.41) is 0. The van der Waals surface area contributed by atoms with Gasteiger partial charge in [-0.15, -0.1) is 0 Å². The fraction of sp³-hybridized carbons (Fsp3) is 0.400. The number of rotatable bonds is 17. The Morgan fingerprint density at radius 1 is 0.513 bits per heavy atom. The second-order valence-electron chi connectivity index (χ2n) is 9.36. The molecule has 0 aliphatic rings. The molecule has 0 radical (unpaired) electrons. The zero-order chi connectivity index (χ0) is 28.1. The molecule has 0 aromatic heterocycles. The first-order valence-electron chi connectivity index (χ1n) is 13.8. The summed E-state index contributed by atoms with van der Waals surface area (Å²) >= 11 is -4.92. The third kappa shape index (κ3) is 10.1. The Kier molecular flexibility index (Phi) is 12.5. The van der Waals surface area contributed by atoms with E-state index in [2.05, 4.69) is 0 Å². The van der Waals surface area contributed by atoms with Crippen LogP contribution in [0.5, 0.6) is 17.2 Å². The van der Waals surface area contributed by atoms with Crippen molar-refractivity contribution < 1.29 is 44.4 Å². The quantitative estimate of drug-likeness (QED) is 0.148. The molecule has 3 aromatic rings. The van der Waals surface area contributed by atoms with E-state index < -0.39 is 27.2 Å². The van der Waals surface area contributed by atoms with Gasteiger partial charge in [-0.3, -0.25) is 0 Å². The van der Waals surface area contributed by atoms with E-state index in [1.807, 2.05) is 133 Å². The van der Waals surface area contributed by atoms with Gasteiger partial charge in [0.2, 0.25) is 0 Å². The van der Waals surface area contributed by atoms with Gasteiger partial charge in [0.25, 0.3) is 0 Å². The van der Waals surface area contributed by atoms with Crippen molar-refractivity contribution in [3.05, 3.63) is 91.0 Å². The van der Waals surface area contributed by atoms with E-state index >= 15 is 0 Å². The van der Waals surface area contributed by atoms with Gasteiger partial charge in [-0.05, 0) is 0 Å². The topological polar surface area (TPSA) is 64.6 Å². The van der Waals surface area contributed by atoms with Gasteiger partial charge in [-0.1, -0.05) is 0 Å². The Morgan fingerprint density at radius 2 is 0.795 bits per heavy atom. The first-order valence-corrected chi connectivity index (χ1v) is 17.9. The van der Waals surface area contributed by atoms with E-state index in [0.717, 1.165) is 19.3 Å². The molecule has 0 saturated heterocycles. The van der Waals surface area contributed by atoms with Crippen LogP contribution in [0.25, 0.3) is 0 Å². The van der Waals surface area contributed by atoms with E-state index in [4.69, 9.17) is 26.2 Å². The van der Waals surface area contributed by atoms with Crippen molar-refractivity contribution in [1.82, 2.24) is 0 Å².